The van der Waals surface area contributed by atoms with Crippen LogP contribution in [0, 0.1) is 16.7 Å². The first-order chi connectivity index (χ1) is 13.1. The molecule has 1 spiro atoms. The van der Waals surface area contributed by atoms with Crippen LogP contribution in [0.2, 0.25) is 0 Å². The Morgan fingerprint density at radius 1 is 1.26 bits per heavy atom. The van der Waals surface area contributed by atoms with Crippen LogP contribution >= 0.6 is 23.0 Å². The lowest BCUT2D eigenvalue weighted by atomic mass is 9.92. The number of nitrogens with one attached hydrogen (secondary N) is 1. The number of H-pyrrole nitrogens is 1. The van der Waals surface area contributed by atoms with Crippen LogP contribution in [0.5, 0.6) is 0 Å². The summed E-state index contributed by atoms with van der Waals surface area (Å²) in [5.41, 5.74) is 1.88. The third kappa shape index (κ3) is 2.88. The van der Waals surface area contributed by atoms with Crippen LogP contribution in [0.3, 0.4) is 0 Å². The fourth-order valence-corrected chi connectivity index (χ4v) is 4.66. The summed E-state index contributed by atoms with van der Waals surface area (Å²) >= 11 is 1.93. The van der Waals surface area contributed by atoms with Crippen LogP contribution in [-0.2, 0) is 3.07 Å². The Labute approximate surface area is 171 Å². The van der Waals surface area contributed by atoms with Crippen molar-refractivity contribution in [3.05, 3.63) is 28.2 Å². The molecule has 1 N–H and O–H groups in total. The van der Waals surface area contributed by atoms with E-state index in [1.54, 1.807) is 6.20 Å². The summed E-state index contributed by atoms with van der Waals surface area (Å²) in [6.45, 7) is 3.41. The van der Waals surface area contributed by atoms with Gasteiger partial charge in [-0.15, -0.1) is 0 Å². The summed E-state index contributed by atoms with van der Waals surface area (Å²) in [5.74, 6) is 0.861. The van der Waals surface area contributed by atoms with Crippen LogP contribution < -0.4 is 15.4 Å². The number of rotatable bonds is 3. The standard InChI is InChI=1S/C19H20IN5O2/c20-27-12-10-25(11-12)16-7-13-15(9-22-16)23-18(26)14(8-21)17(13)24-5-3-19(1-2-19)4-6-24/h7,9,12H,1-6,10-11H2,(H,23,26). The Kier molecular flexibility index (Phi) is 4.05. The Morgan fingerprint density at radius 2 is 2.00 bits per heavy atom. The second kappa shape index (κ2) is 6.34. The maximum atomic E-state index is 12.5. The van der Waals surface area contributed by atoms with Gasteiger partial charge >= 0.3 is 0 Å². The van der Waals surface area contributed by atoms with Crippen molar-refractivity contribution in [1.29, 1.82) is 5.26 Å². The van der Waals surface area contributed by atoms with Crippen LogP contribution in [0.15, 0.2) is 17.1 Å². The molecule has 27 heavy (non-hydrogen) atoms. The summed E-state index contributed by atoms with van der Waals surface area (Å²) < 4.78 is 5.32. The normalized spacial score (nSPS) is 21.3. The van der Waals surface area contributed by atoms with Crippen molar-refractivity contribution in [3.8, 4) is 6.07 Å². The molecule has 7 nitrogen and oxygen atoms in total. The lowest BCUT2D eigenvalue weighted by molar-refractivity contribution is 0.233. The van der Waals surface area contributed by atoms with Gasteiger partial charge in [0.1, 0.15) is 46.6 Å². The molecule has 140 valence electrons. The van der Waals surface area contributed by atoms with Crippen LogP contribution in [0.4, 0.5) is 11.5 Å². The number of nitriles is 1. The lowest BCUT2D eigenvalue weighted by Gasteiger charge is -2.38. The van der Waals surface area contributed by atoms with Gasteiger partial charge < -0.3 is 17.9 Å². The molecule has 2 aliphatic heterocycles. The van der Waals surface area contributed by atoms with E-state index in [1.807, 2.05) is 29.1 Å². The third-order valence-corrected chi connectivity index (χ3v) is 7.08. The molecule has 4 heterocycles. The average molecular weight is 477 g/mol. The van der Waals surface area contributed by atoms with Crippen molar-refractivity contribution in [2.24, 2.45) is 5.41 Å². The van der Waals surface area contributed by atoms with E-state index in [9.17, 15) is 10.1 Å². The highest BCUT2D eigenvalue weighted by atomic mass is 127. The molecule has 1 saturated carbocycles. The van der Waals surface area contributed by atoms with E-state index >= 15 is 0 Å². The van der Waals surface area contributed by atoms with Gasteiger partial charge in [0.15, 0.2) is 0 Å². The number of fused-ring (bicyclic) bond motifs is 1. The number of hydrogen-bond donors (Lipinski definition) is 1. The molecule has 0 bridgehead atoms. The van der Waals surface area contributed by atoms with Crippen LogP contribution in [0.25, 0.3) is 10.9 Å². The molecule has 0 aromatic carbocycles. The zero-order valence-corrected chi connectivity index (χ0v) is 17.0. The predicted molar refractivity (Wildman–Crippen MR) is 111 cm³/mol. The largest absolute Gasteiger partial charge is 0.370 e. The maximum Gasteiger partial charge on any atom is 0.268 e. The molecule has 3 aliphatic rings. The Balaban J connectivity index is 1.58. The molecule has 2 saturated heterocycles. The fraction of sp³-hybridized carbons (Fsp3) is 0.526. The van der Waals surface area contributed by atoms with E-state index in [4.69, 9.17) is 3.07 Å². The number of piperidine rings is 1. The molecule has 1 aliphatic carbocycles. The number of hydrogen-bond acceptors (Lipinski definition) is 6. The molecule has 0 amide bonds. The molecule has 3 fully saturated rings. The predicted octanol–water partition coefficient (Wildman–Crippen LogP) is 2.73. The van der Waals surface area contributed by atoms with E-state index in [1.165, 1.54) is 12.8 Å². The molecule has 5 rings (SSSR count). The monoisotopic (exact) mass is 477 g/mol. The van der Waals surface area contributed by atoms with Crippen molar-refractivity contribution >= 4 is 45.4 Å². The zero-order valence-electron chi connectivity index (χ0n) is 14.9. The Morgan fingerprint density at radius 3 is 2.63 bits per heavy atom. The summed E-state index contributed by atoms with van der Waals surface area (Å²) in [6, 6.07) is 4.15. The van der Waals surface area contributed by atoms with Crippen molar-refractivity contribution in [1.82, 2.24) is 9.97 Å². The quantitative estimate of drug-likeness (QED) is 0.685. The minimum absolute atomic E-state index is 0.212. The molecular weight excluding hydrogens is 457 g/mol. The van der Waals surface area contributed by atoms with Gasteiger partial charge in [-0.05, 0) is 37.2 Å². The summed E-state index contributed by atoms with van der Waals surface area (Å²) in [6.07, 6.45) is 6.87. The number of pyridine rings is 2. The second-order valence-electron chi connectivity index (χ2n) is 7.98. The van der Waals surface area contributed by atoms with Gasteiger partial charge in [0, 0.05) is 31.6 Å². The van der Waals surface area contributed by atoms with E-state index in [-0.39, 0.29) is 17.2 Å². The highest BCUT2D eigenvalue weighted by Gasteiger charge is 2.44. The smallest absolute Gasteiger partial charge is 0.268 e. The zero-order chi connectivity index (χ0) is 18.6. The van der Waals surface area contributed by atoms with Gasteiger partial charge in [-0.1, -0.05) is 0 Å². The molecular formula is C19H20IN5O2. The van der Waals surface area contributed by atoms with E-state index in [2.05, 4.69) is 25.8 Å². The van der Waals surface area contributed by atoms with E-state index < -0.39 is 0 Å². The molecule has 0 atom stereocenters. The molecule has 0 unspecified atom stereocenters. The number of aromatic amines is 1. The minimum atomic E-state index is -0.330. The molecule has 2 aromatic rings. The highest BCUT2D eigenvalue weighted by Crippen LogP contribution is 2.54. The molecule has 0 radical (unpaired) electrons. The highest BCUT2D eigenvalue weighted by molar-refractivity contribution is 14.1. The van der Waals surface area contributed by atoms with Crippen molar-refractivity contribution in [2.45, 2.75) is 31.8 Å². The first-order valence-corrected chi connectivity index (χ1v) is 10.2. The van der Waals surface area contributed by atoms with Crippen molar-refractivity contribution < 1.29 is 3.07 Å². The van der Waals surface area contributed by atoms with E-state index in [0.29, 0.717) is 10.9 Å². The van der Waals surface area contributed by atoms with Gasteiger partial charge in [-0.2, -0.15) is 5.26 Å². The van der Waals surface area contributed by atoms with E-state index in [0.717, 1.165) is 55.9 Å². The van der Waals surface area contributed by atoms with Gasteiger partial charge in [0.2, 0.25) is 0 Å². The van der Waals surface area contributed by atoms with Gasteiger partial charge in [-0.3, -0.25) is 4.79 Å². The first-order valence-electron chi connectivity index (χ1n) is 9.36. The van der Waals surface area contributed by atoms with Crippen LogP contribution in [-0.4, -0.2) is 42.3 Å². The number of anilines is 2. The number of aromatic nitrogens is 2. The number of nitrogens with zero attached hydrogens (tertiary/aromatic N) is 4. The second-order valence-corrected chi connectivity index (χ2v) is 8.49. The fourth-order valence-electron chi connectivity index (χ4n) is 4.34. The third-order valence-electron chi connectivity index (χ3n) is 6.36. The van der Waals surface area contributed by atoms with Crippen molar-refractivity contribution in [2.75, 3.05) is 36.0 Å². The topological polar surface area (TPSA) is 85.2 Å². The summed E-state index contributed by atoms with van der Waals surface area (Å²) in [4.78, 5) is 24.2. The Hall–Kier alpha value is -1.86. The molecule has 2 aromatic heterocycles. The average Bonchev–Trinajstić information content (AvgIpc) is 3.40. The maximum absolute atomic E-state index is 12.5. The van der Waals surface area contributed by atoms with Gasteiger partial charge in [-0.25, -0.2) is 4.98 Å². The van der Waals surface area contributed by atoms with Crippen LogP contribution in [0.1, 0.15) is 31.2 Å². The lowest BCUT2D eigenvalue weighted by Crippen LogP contribution is -2.51. The summed E-state index contributed by atoms with van der Waals surface area (Å²) in [5, 5.41) is 10.6. The van der Waals surface area contributed by atoms with Gasteiger partial charge in [0.05, 0.1) is 17.4 Å². The van der Waals surface area contributed by atoms with Gasteiger partial charge in [0.25, 0.3) is 5.56 Å². The van der Waals surface area contributed by atoms with Crippen molar-refractivity contribution in [3.63, 3.8) is 0 Å². The summed E-state index contributed by atoms with van der Waals surface area (Å²) in [7, 11) is 0. The minimum Gasteiger partial charge on any atom is -0.370 e. The first kappa shape index (κ1) is 17.3. The Bertz CT molecular complexity index is 994. The number of halogens is 1. The molecule has 8 heteroatoms. The SMILES string of the molecule is N#Cc1c(N2CCC3(CC2)CC3)c2cc(N3CC(OI)C3)ncc2[nH]c1=O.